The predicted octanol–water partition coefficient (Wildman–Crippen LogP) is 2.39. The van der Waals surface area contributed by atoms with Gasteiger partial charge in [-0.25, -0.2) is 4.98 Å². The zero-order valence-corrected chi connectivity index (χ0v) is 14.6. The van der Waals surface area contributed by atoms with Gasteiger partial charge in [-0.3, -0.25) is 4.79 Å². The number of imidazole rings is 1. The maximum Gasteiger partial charge on any atom is 0.255 e. The summed E-state index contributed by atoms with van der Waals surface area (Å²) in [5, 5.41) is 3.34. The Morgan fingerprint density at radius 3 is 2.86 bits per heavy atom. The van der Waals surface area contributed by atoms with Gasteiger partial charge in [0.2, 0.25) is 0 Å². The van der Waals surface area contributed by atoms with Crippen molar-refractivity contribution in [3.05, 3.63) is 52.5 Å². The van der Waals surface area contributed by atoms with E-state index < -0.39 is 0 Å². The molecule has 0 radical (unpaired) electrons. The molecule has 2 aromatic rings. The molecule has 1 saturated heterocycles. The summed E-state index contributed by atoms with van der Waals surface area (Å²) in [6.45, 7) is 2.20. The minimum absolute atomic E-state index is 0. The molecule has 0 saturated carbocycles. The van der Waals surface area contributed by atoms with E-state index in [-0.39, 0.29) is 24.4 Å². The van der Waals surface area contributed by atoms with Gasteiger partial charge in [0.15, 0.2) is 0 Å². The SMILES string of the molecule is Cl.Cn1ccnc1C1CNCCN1C(=O)c1ccccc1Br. The summed E-state index contributed by atoms with van der Waals surface area (Å²) in [6, 6.07) is 7.50. The van der Waals surface area contributed by atoms with Crippen LogP contribution in [0.5, 0.6) is 0 Å². The van der Waals surface area contributed by atoms with Crippen molar-refractivity contribution in [3.63, 3.8) is 0 Å². The monoisotopic (exact) mass is 384 g/mol. The number of hydrogen-bond donors (Lipinski definition) is 1. The second kappa shape index (κ2) is 7.26. The quantitative estimate of drug-likeness (QED) is 0.863. The number of benzene rings is 1. The lowest BCUT2D eigenvalue weighted by Gasteiger charge is -2.36. The zero-order chi connectivity index (χ0) is 14.8. The number of nitrogens with one attached hydrogen (secondary N) is 1. The van der Waals surface area contributed by atoms with Gasteiger partial charge in [0.1, 0.15) is 11.9 Å². The van der Waals surface area contributed by atoms with E-state index in [0.29, 0.717) is 12.1 Å². The summed E-state index contributed by atoms with van der Waals surface area (Å²) in [4.78, 5) is 19.2. The fourth-order valence-electron chi connectivity index (χ4n) is 2.67. The molecule has 1 aliphatic rings. The molecule has 5 nitrogen and oxygen atoms in total. The lowest BCUT2D eigenvalue weighted by molar-refractivity contribution is 0.0620. The normalized spacial score (nSPS) is 17.9. The Hall–Kier alpha value is -1.37. The van der Waals surface area contributed by atoms with Gasteiger partial charge in [-0.05, 0) is 28.1 Å². The first-order valence-corrected chi connectivity index (χ1v) is 7.71. The maximum absolute atomic E-state index is 12.9. The largest absolute Gasteiger partial charge is 0.336 e. The Morgan fingerprint density at radius 2 is 2.18 bits per heavy atom. The number of aromatic nitrogens is 2. The second-order valence-corrected chi connectivity index (χ2v) is 5.95. The molecule has 1 aromatic carbocycles. The Labute approximate surface area is 144 Å². The molecule has 118 valence electrons. The minimum atomic E-state index is -0.0432. The van der Waals surface area contributed by atoms with Crippen molar-refractivity contribution in [1.29, 1.82) is 0 Å². The van der Waals surface area contributed by atoms with Crippen LogP contribution in [0.2, 0.25) is 0 Å². The molecule has 7 heteroatoms. The number of halogens is 2. The molecule has 22 heavy (non-hydrogen) atoms. The van der Waals surface area contributed by atoms with Crippen LogP contribution in [0.15, 0.2) is 41.1 Å². The first-order chi connectivity index (χ1) is 10.2. The van der Waals surface area contributed by atoms with Crippen LogP contribution in [-0.4, -0.2) is 40.0 Å². The summed E-state index contributed by atoms with van der Waals surface area (Å²) >= 11 is 3.46. The molecule has 1 amide bonds. The van der Waals surface area contributed by atoms with Gasteiger partial charge in [-0.2, -0.15) is 0 Å². The van der Waals surface area contributed by atoms with E-state index >= 15 is 0 Å². The average Bonchev–Trinajstić information content (AvgIpc) is 2.93. The lowest BCUT2D eigenvalue weighted by atomic mass is 10.1. The van der Waals surface area contributed by atoms with Crippen molar-refractivity contribution in [3.8, 4) is 0 Å². The Balaban J connectivity index is 0.00000176. The molecule has 0 aliphatic carbocycles. The Kier molecular flexibility index (Phi) is 5.61. The highest BCUT2D eigenvalue weighted by molar-refractivity contribution is 9.10. The number of nitrogens with zero attached hydrogens (tertiary/aromatic N) is 3. The fourth-order valence-corrected chi connectivity index (χ4v) is 3.12. The molecule has 2 heterocycles. The van der Waals surface area contributed by atoms with E-state index in [4.69, 9.17) is 0 Å². The van der Waals surface area contributed by atoms with Crippen molar-refractivity contribution in [2.24, 2.45) is 7.05 Å². The van der Waals surface area contributed by atoms with E-state index in [1.54, 1.807) is 6.20 Å². The standard InChI is InChI=1S/C15H17BrN4O.ClH/c1-19-8-7-18-14(19)13-10-17-6-9-20(13)15(21)11-4-2-3-5-12(11)16;/h2-5,7-8,13,17H,6,9-10H2,1H3;1H. The number of rotatable bonds is 2. The predicted molar refractivity (Wildman–Crippen MR) is 91.2 cm³/mol. The van der Waals surface area contributed by atoms with Gasteiger partial charge < -0.3 is 14.8 Å². The first-order valence-electron chi connectivity index (χ1n) is 6.92. The molecule has 3 rings (SSSR count). The molecule has 1 N–H and O–H groups in total. The highest BCUT2D eigenvalue weighted by Gasteiger charge is 2.31. The van der Waals surface area contributed by atoms with Crippen LogP contribution in [0.4, 0.5) is 0 Å². The van der Waals surface area contributed by atoms with Crippen LogP contribution in [0, 0.1) is 0 Å². The molecular weight excluding hydrogens is 368 g/mol. The van der Waals surface area contributed by atoms with Crippen molar-refractivity contribution in [2.75, 3.05) is 19.6 Å². The van der Waals surface area contributed by atoms with E-state index in [1.165, 1.54) is 0 Å². The Bertz CT molecular complexity index is 660. The summed E-state index contributed by atoms with van der Waals surface area (Å²) in [5.74, 6) is 0.944. The van der Waals surface area contributed by atoms with Gasteiger partial charge >= 0.3 is 0 Å². The molecule has 1 atom stereocenters. The van der Waals surface area contributed by atoms with Crippen LogP contribution in [0.1, 0.15) is 22.2 Å². The maximum atomic E-state index is 12.9. The minimum Gasteiger partial charge on any atom is -0.336 e. The number of carbonyl (C=O) groups is 1. The van der Waals surface area contributed by atoms with Crippen molar-refractivity contribution < 1.29 is 4.79 Å². The van der Waals surface area contributed by atoms with E-state index in [2.05, 4.69) is 26.2 Å². The first kappa shape index (κ1) is 17.0. The third-order valence-electron chi connectivity index (χ3n) is 3.77. The zero-order valence-electron chi connectivity index (χ0n) is 12.2. The van der Waals surface area contributed by atoms with Gasteiger partial charge in [-0.1, -0.05) is 12.1 Å². The third kappa shape index (κ3) is 3.19. The average molecular weight is 386 g/mol. The summed E-state index contributed by atoms with van der Waals surface area (Å²) in [6.07, 6.45) is 3.68. The van der Waals surface area contributed by atoms with Gasteiger partial charge in [0.05, 0.1) is 5.56 Å². The van der Waals surface area contributed by atoms with E-state index in [0.717, 1.165) is 23.4 Å². The second-order valence-electron chi connectivity index (χ2n) is 5.09. The van der Waals surface area contributed by atoms with Crippen LogP contribution in [0.3, 0.4) is 0 Å². The smallest absolute Gasteiger partial charge is 0.255 e. The van der Waals surface area contributed by atoms with Gasteiger partial charge in [0.25, 0.3) is 5.91 Å². The molecule has 1 aliphatic heterocycles. The van der Waals surface area contributed by atoms with Crippen molar-refractivity contribution in [1.82, 2.24) is 19.8 Å². The molecular formula is C15H18BrClN4O. The third-order valence-corrected chi connectivity index (χ3v) is 4.46. The van der Waals surface area contributed by atoms with Gasteiger partial charge in [-0.15, -0.1) is 12.4 Å². The molecule has 0 spiro atoms. The van der Waals surface area contributed by atoms with Crippen LogP contribution in [0.25, 0.3) is 0 Å². The van der Waals surface area contributed by atoms with Crippen LogP contribution in [-0.2, 0) is 7.05 Å². The van der Waals surface area contributed by atoms with Crippen molar-refractivity contribution >= 4 is 34.2 Å². The van der Waals surface area contributed by atoms with E-state index in [1.807, 2.05) is 47.0 Å². The summed E-state index contributed by atoms with van der Waals surface area (Å²) < 4.78 is 2.80. The lowest BCUT2D eigenvalue weighted by Crippen LogP contribution is -2.49. The highest BCUT2D eigenvalue weighted by atomic mass is 79.9. The molecule has 0 bridgehead atoms. The highest BCUT2D eigenvalue weighted by Crippen LogP contribution is 2.25. The van der Waals surface area contributed by atoms with E-state index in [9.17, 15) is 4.79 Å². The molecule has 1 unspecified atom stereocenters. The fraction of sp³-hybridized carbons (Fsp3) is 0.333. The number of carbonyl (C=O) groups excluding carboxylic acids is 1. The summed E-state index contributed by atoms with van der Waals surface area (Å²) in [5.41, 5.74) is 0.693. The number of piperazine rings is 1. The molecule has 1 fully saturated rings. The topological polar surface area (TPSA) is 50.2 Å². The Morgan fingerprint density at radius 1 is 1.41 bits per heavy atom. The summed E-state index contributed by atoms with van der Waals surface area (Å²) in [7, 11) is 1.96. The van der Waals surface area contributed by atoms with Crippen LogP contribution < -0.4 is 5.32 Å². The van der Waals surface area contributed by atoms with Crippen molar-refractivity contribution in [2.45, 2.75) is 6.04 Å². The van der Waals surface area contributed by atoms with Crippen LogP contribution >= 0.6 is 28.3 Å². The number of aryl methyl sites for hydroxylation is 1. The number of amides is 1. The molecule has 1 aromatic heterocycles. The number of hydrogen-bond acceptors (Lipinski definition) is 3. The van der Waals surface area contributed by atoms with Gasteiger partial charge in [0, 0.05) is 43.5 Å².